The minimum absolute atomic E-state index is 0.0251. The first-order chi connectivity index (χ1) is 11.7. The maximum Gasteiger partial charge on any atom is 0.271 e. The van der Waals surface area contributed by atoms with E-state index >= 15 is 0 Å². The summed E-state index contributed by atoms with van der Waals surface area (Å²) in [6.45, 7) is 1.22. The minimum Gasteiger partial charge on any atom is -0.376 e. The van der Waals surface area contributed by atoms with E-state index < -0.39 is 0 Å². The highest BCUT2D eigenvalue weighted by Gasteiger charge is 2.17. The number of aromatic nitrogens is 2. The Balaban J connectivity index is 1.55. The molecule has 2 aromatic heterocycles. The lowest BCUT2D eigenvalue weighted by Crippen LogP contribution is -2.36. The predicted octanol–water partition coefficient (Wildman–Crippen LogP) is 1.91. The van der Waals surface area contributed by atoms with E-state index in [0.29, 0.717) is 16.8 Å². The fourth-order valence-electron chi connectivity index (χ4n) is 2.97. The van der Waals surface area contributed by atoms with E-state index in [4.69, 9.17) is 4.74 Å². The highest BCUT2D eigenvalue weighted by Crippen LogP contribution is 2.29. The molecule has 1 amide bonds. The van der Waals surface area contributed by atoms with Gasteiger partial charge in [-0.2, -0.15) is 0 Å². The number of benzene rings is 1. The molecule has 1 aliphatic rings. The van der Waals surface area contributed by atoms with E-state index in [9.17, 15) is 9.59 Å². The van der Waals surface area contributed by atoms with Crippen LogP contribution in [0.2, 0.25) is 0 Å². The van der Waals surface area contributed by atoms with Crippen molar-refractivity contribution in [2.24, 2.45) is 0 Å². The highest BCUT2D eigenvalue weighted by atomic mass is 32.1. The third kappa shape index (κ3) is 2.81. The van der Waals surface area contributed by atoms with Crippen LogP contribution in [0, 0.1) is 0 Å². The van der Waals surface area contributed by atoms with Crippen LogP contribution < -0.4 is 10.9 Å². The molecule has 24 heavy (non-hydrogen) atoms. The Hall–Kier alpha value is -2.25. The van der Waals surface area contributed by atoms with Crippen LogP contribution >= 0.6 is 11.3 Å². The van der Waals surface area contributed by atoms with Crippen molar-refractivity contribution in [3.63, 3.8) is 0 Å². The summed E-state index contributed by atoms with van der Waals surface area (Å²) in [4.78, 5) is 29.1. The first kappa shape index (κ1) is 15.3. The van der Waals surface area contributed by atoms with E-state index in [1.807, 2.05) is 24.3 Å². The standard InChI is InChI=1S/C17H17N3O3S/c21-14(18-8-11-4-3-7-23-11)9-20-10-19-15-12-5-1-2-6-13(12)24-16(15)17(20)22/h1-2,5-6,10-11H,3-4,7-9H2,(H,18,21)/t11-/m0/s1. The lowest BCUT2D eigenvalue weighted by Gasteiger charge is -2.11. The fraction of sp³-hybridized carbons (Fsp3) is 0.353. The summed E-state index contributed by atoms with van der Waals surface area (Å²) in [6.07, 6.45) is 3.55. The number of rotatable bonds is 4. The summed E-state index contributed by atoms with van der Waals surface area (Å²) in [6, 6.07) is 7.80. The third-order valence-electron chi connectivity index (χ3n) is 4.22. The lowest BCUT2D eigenvalue weighted by molar-refractivity contribution is -0.122. The third-order valence-corrected chi connectivity index (χ3v) is 5.36. The molecular weight excluding hydrogens is 326 g/mol. The molecule has 0 unspecified atom stereocenters. The van der Waals surface area contributed by atoms with Crippen molar-refractivity contribution < 1.29 is 9.53 Å². The molecule has 1 N–H and O–H groups in total. The molecule has 4 rings (SSSR count). The largest absolute Gasteiger partial charge is 0.376 e. The van der Waals surface area contributed by atoms with Crippen LogP contribution in [0.25, 0.3) is 20.3 Å². The Morgan fingerprint density at radius 3 is 3.12 bits per heavy atom. The Kier molecular flexibility index (Phi) is 4.03. The summed E-state index contributed by atoms with van der Waals surface area (Å²) in [5.41, 5.74) is 0.532. The molecule has 124 valence electrons. The smallest absolute Gasteiger partial charge is 0.271 e. The van der Waals surface area contributed by atoms with E-state index in [1.54, 1.807) is 0 Å². The van der Waals surface area contributed by atoms with E-state index in [-0.39, 0.29) is 24.1 Å². The number of carbonyl (C=O) groups excluding carboxylic acids is 1. The molecule has 1 atom stereocenters. The lowest BCUT2D eigenvalue weighted by atomic mass is 10.2. The zero-order valence-corrected chi connectivity index (χ0v) is 13.8. The number of amides is 1. The summed E-state index contributed by atoms with van der Waals surface area (Å²) in [5, 5.41) is 3.80. The summed E-state index contributed by atoms with van der Waals surface area (Å²) in [5.74, 6) is -0.199. The van der Waals surface area contributed by atoms with Gasteiger partial charge in [0.05, 0.1) is 17.9 Å². The summed E-state index contributed by atoms with van der Waals surface area (Å²) < 4.78 is 8.45. The molecular formula is C17H17N3O3S. The van der Waals surface area contributed by atoms with Crippen molar-refractivity contribution in [1.29, 1.82) is 0 Å². The van der Waals surface area contributed by atoms with E-state index in [2.05, 4.69) is 10.3 Å². The van der Waals surface area contributed by atoms with Gasteiger partial charge in [-0.05, 0) is 18.9 Å². The number of nitrogens with zero attached hydrogens (tertiary/aromatic N) is 2. The van der Waals surface area contributed by atoms with Gasteiger partial charge in [-0.3, -0.25) is 14.2 Å². The molecule has 1 fully saturated rings. The number of hydrogen-bond acceptors (Lipinski definition) is 5. The van der Waals surface area contributed by atoms with E-state index in [1.165, 1.54) is 22.2 Å². The maximum absolute atomic E-state index is 12.6. The topological polar surface area (TPSA) is 73.2 Å². The summed E-state index contributed by atoms with van der Waals surface area (Å²) in [7, 11) is 0. The van der Waals surface area contributed by atoms with Gasteiger partial charge < -0.3 is 10.1 Å². The van der Waals surface area contributed by atoms with Gasteiger partial charge in [-0.15, -0.1) is 11.3 Å². The molecule has 0 aliphatic carbocycles. The van der Waals surface area contributed by atoms with Gasteiger partial charge in [0.2, 0.25) is 5.91 Å². The Morgan fingerprint density at radius 2 is 2.29 bits per heavy atom. The average Bonchev–Trinajstić information content (AvgIpc) is 3.23. The average molecular weight is 343 g/mol. The predicted molar refractivity (Wildman–Crippen MR) is 93.4 cm³/mol. The zero-order chi connectivity index (χ0) is 16.5. The number of ether oxygens (including phenoxy) is 1. The molecule has 1 aromatic carbocycles. The van der Waals surface area contributed by atoms with Crippen molar-refractivity contribution in [3.8, 4) is 0 Å². The number of hydrogen-bond donors (Lipinski definition) is 1. The Morgan fingerprint density at radius 1 is 1.42 bits per heavy atom. The number of thiophene rings is 1. The molecule has 0 saturated carbocycles. The molecule has 1 aliphatic heterocycles. The molecule has 1 saturated heterocycles. The van der Waals surface area contributed by atoms with Crippen LogP contribution in [0.4, 0.5) is 0 Å². The first-order valence-electron chi connectivity index (χ1n) is 7.97. The van der Waals surface area contributed by atoms with Gasteiger partial charge in [0.25, 0.3) is 5.56 Å². The quantitative estimate of drug-likeness (QED) is 0.785. The normalized spacial score (nSPS) is 17.6. The van der Waals surface area contributed by atoms with Gasteiger partial charge in [0.1, 0.15) is 11.2 Å². The van der Waals surface area contributed by atoms with Crippen molar-refractivity contribution in [2.75, 3.05) is 13.2 Å². The van der Waals surface area contributed by atoms with Crippen LogP contribution in [-0.4, -0.2) is 34.7 Å². The maximum atomic E-state index is 12.6. The Bertz CT molecular complexity index is 957. The molecule has 6 nitrogen and oxygen atoms in total. The molecule has 0 radical (unpaired) electrons. The van der Waals surface area contributed by atoms with E-state index in [0.717, 1.165) is 29.5 Å². The first-order valence-corrected chi connectivity index (χ1v) is 8.79. The van der Waals surface area contributed by atoms with Crippen molar-refractivity contribution >= 4 is 37.5 Å². The SMILES string of the molecule is O=C(Cn1cnc2c(sc3ccccc32)c1=O)NC[C@@H]1CCCO1. The van der Waals surface area contributed by atoms with Gasteiger partial charge in [-0.25, -0.2) is 4.98 Å². The second kappa shape index (κ2) is 6.33. The molecule has 3 heterocycles. The monoisotopic (exact) mass is 343 g/mol. The van der Waals surface area contributed by atoms with Gasteiger partial charge in [0, 0.05) is 23.2 Å². The zero-order valence-electron chi connectivity index (χ0n) is 13.0. The van der Waals surface area contributed by atoms with Gasteiger partial charge >= 0.3 is 0 Å². The van der Waals surface area contributed by atoms with Crippen LogP contribution in [0.1, 0.15) is 12.8 Å². The summed E-state index contributed by atoms with van der Waals surface area (Å²) >= 11 is 1.42. The van der Waals surface area contributed by atoms with Crippen LogP contribution in [-0.2, 0) is 16.1 Å². The highest BCUT2D eigenvalue weighted by molar-refractivity contribution is 7.25. The number of carbonyl (C=O) groups is 1. The Labute approximate surface area is 142 Å². The second-order valence-corrected chi connectivity index (χ2v) is 6.94. The van der Waals surface area contributed by atoms with Crippen molar-refractivity contribution in [3.05, 3.63) is 40.9 Å². The van der Waals surface area contributed by atoms with Crippen LogP contribution in [0.15, 0.2) is 35.4 Å². The van der Waals surface area contributed by atoms with Crippen LogP contribution in [0.3, 0.4) is 0 Å². The number of fused-ring (bicyclic) bond motifs is 3. The molecule has 7 heteroatoms. The van der Waals surface area contributed by atoms with Gasteiger partial charge in [-0.1, -0.05) is 18.2 Å². The fourth-order valence-corrected chi connectivity index (χ4v) is 4.08. The second-order valence-electron chi connectivity index (χ2n) is 5.89. The van der Waals surface area contributed by atoms with Gasteiger partial charge in [0.15, 0.2) is 0 Å². The van der Waals surface area contributed by atoms with Crippen LogP contribution in [0.5, 0.6) is 0 Å². The van der Waals surface area contributed by atoms with Crippen molar-refractivity contribution in [2.45, 2.75) is 25.5 Å². The molecule has 3 aromatic rings. The molecule has 0 bridgehead atoms. The minimum atomic E-state index is -0.199. The molecule has 0 spiro atoms. The number of nitrogens with one attached hydrogen (secondary N) is 1. The van der Waals surface area contributed by atoms with Crippen molar-refractivity contribution in [1.82, 2.24) is 14.9 Å².